The van der Waals surface area contributed by atoms with E-state index in [4.69, 9.17) is 16.1 Å². The number of carbonyl (C=O) groups is 1. The molecule has 1 fully saturated rings. The number of nitrogens with zero attached hydrogens (tertiary/aromatic N) is 4. The van der Waals surface area contributed by atoms with Gasteiger partial charge in [-0.3, -0.25) is 9.69 Å². The van der Waals surface area contributed by atoms with E-state index < -0.39 is 0 Å². The Labute approximate surface area is 203 Å². The molecule has 0 bridgehead atoms. The van der Waals surface area contributed by atoms with E-state index in [1.807, 2.05) is 83.8 Å². The molecule has 1 aliphatic heterocycles. The third kappa shape index (κ3) is 4.88. The minimum Gasteiger partial charge on any atom is -0.339 e. The highest BCUT2D eigenvalue weighted by Crippen LogP contribution is 2.28. The maximum atomic E-state index is 13.6. The molecule has 0 N–H and O–H groups in total. The first-order valence-electron chi connectivity index (χ1n) is 11.4. The molecule has 4 aromatic rings. The van der Waals surface area contributed by atoms with Crippen molar-refractivity contribution in [3.05, 3.63) is 107 Å². The van der Waals surface area contributed by atoms with Gasteiger partial charge in [-0.2, -0.15) is 4.98 Å². The van der Waals surface area contributed by atoms with Crippen LogP contribution in [0.25, 0.3) is 11.5 Å². The number of benzene rings is 3. The fraction of sp³-hybridized carbons (Fsp3) is 0.222. The highest BCUT2D eigenvalue weighted by atomic mass is 35.5. The lowest BCUT2D eigenvalue weighted by atomic mass is 9.90. The molecular formula is C27H25ClN4O2. The van der Waals surface area contributed by atoms with Gasteiger partial charge in [-0.25, -0.2) is 0 Å². The molecule has 172 valence electrons. The molecule has 6 nitrogen and oxygen atoms in total. The van der Waals surface area contributed by atoms with Crippen molar-refractivity contribution in [2.24, 2.45) is 0 Å². The zero-order valence-corrected chi connectivity index (χ0v) is 19.4. The van der Waals surface area contributed by atoms with Gasteiger partial charge in [0.25, 0.3) is 5.89 Å². The summed E-state index contributed by atoms with van der Waals surface area (Å²) in [4.78, 5) is 22.3. The lowest BCUT2D eigenvalue weighted by Gasteiger charge is -2.36. The Bertz CT molecular complexity index is 1200. The molecule has 3 aromatic carbocycles. The summed E-state index contributed by atoms with van der Waals surface area (Å²) >= 11 is 6.24. The number of carbonyl (C=O) groups excluding carboxylic acids is 1. The summed E-state index contributed by atoms with van der Waals surface area (Å²) in [6.07, 6.45) is 0. The number of amides is 1. The first-order valence-corrected chi connectivity index (χ1v) is 11.8. The van der Waals surface area contributed by atoms with Crippen LogP contribution >= 0.6 is 11.6 Å². The molecule has 0 unspecified atom stereocenters. The van der Waals surface area contributed by atoms with Crippen LogP contribution in [0.2, 0.25) is 5.02 Å². The van der Waals surface area contributed by atoms with Crippen molar-refractivity contribution in [3.63, 3.8) is 0 Å². The summed E-state index contributed by atoms with van der Waals surface area (Å²) in [5.74, 6) is 0.867. The Balaban J connectivity index is 1.24. The van der Waals surface area contributed by atoms with Crippen molar-refractivity contribution >= 4 is 17.5 Å². The molecule has 1 saturated heterocycles. The Morgan fingerprint density at radius 3 is 2.06 bits per heavy atom. The van der Waals surface area contributed by atoms with Gasteiger partial charge in [-0.05, 0) is 23.3 Å². The first-order chi connectivity index (χ1) is 16.7. The smallest absolute Gasteiger partial charge is 0.259 e. The molecule has 5 rings (SSSR count). The van der Waals surface area contributed by atoms with E-state index in [0.717, 1.165) is 29.8 Å². The van der Waals surface area contributed by atoms with Gasteiger partial charge in [-0.1, -0.05) is 89.6 Å². The predicted octanol–water partition coefficient (Wildman–Crippen LogP) is 4.87. The van der Waals surface area contributed by atoms with Gasteiger partial charge < -0.3 is 9.42 Å². The maximum Gasteiger partial charge on any atom is 0.259 e. The molecule has 7 heteroatoms. The van der Waals surface area contributed by atoms with Gasteiger partial charge in [0.05, 0.1) is 23.0 Å². The van der Waals surface area contributed by atoms with Crippen molar-refractivity contribution < 1.29 is 9.32 Å². The number of hydrogen-bond acceptors (Lipinski definition) is 5. The van der Waals surface area contributed by atoms with E-state index in [0.29, 0.717) is 36.4 Å². The molecule has 0 spiro atoms. The fourth-order valence-electron chi connectivity index (χ4n) is 4.34. The number of aromatic nitrogens is 2. The molecule has 2 heterocycles. The van der Waals surface area contributed by atoms with E-state index in [1.165, 1.54) is 0 Å². The second kappa shape index (κ2) is 10.2. The summed E-state index contributed by atoms with van der Waals surface area (Å²) in [5, 5.41) is 4.70. The lowest BCUT2D eigenvalue weighted by Crippen LogP contribution is -2.49. The average Bonchev–Trinajstić information content (AvgIpc) is 3.34. The van der Waals surface area contributed by atoms with Crippen molar-refractivity contribution in [2.75, 3.05) is 26.2 Å². The first kappa shape index (κ1) is 22.3. The lowest BCUT2D eigenvalue weighted by molar-refractivity contribution is -0.133. The monoisotopic (exact) mass is 472 g/mol. The Morgan fingerprint density at radius 2 is 1.44 bits per heavy atom. The standard InChI is InChI=1S/C27H25ClN4O2/c28-23-14-8-7-13-22(23)26-29-24(30-34-26)19-31-15-17-32(18-16-31)27(33)25(20-9-3-1-4-10-20)21-11-5-2-6-12-21/h1-14,25H,15-19H2. The van der Waals surface area contributed by atoms with Crippen molar-refractivity contribution in [1.29, 1.82) is 0 Å². The molecule has 0 radical (unpaired) electrons. The van der Waals surface area contributed by atoms with Crippen LogP contribution in [0.1, 0.15) is 22.9 Å². The van der Waals surface area contributed by atoms with E-state index in [2.05, 4.69) is 15.0 Å². The minimum atomic E-state index is -0.302. The number of halogens is 1. The van der Waals surface area contributed by atoms with E-state index in [1.54, 1.807) is 6.07 Å². The summed E-state index contributed by atoms with van der Waals surface area (Å²) in [7, 11) is 0. The van der Waals surface area contributed by atoms with Crippen LogP contribution in [0.5, 0.6) is 0 Å². The summed E-state index contributed by atoms with van der Waals surface area (Å²) in [5.41, 5.74) is 2.76. The number of hydrogen-bond donors (Lipinski definition) is 0. The van der Waals surface area contributed by atoms with E-state index >= 15 is 0 Å². The molecule has 1 aliphatic rings. The zero-order chi connectivity index (χ0) is 23.3. The fourth-order valence-corrected chi connectivity index (χ4v) is 4.56. The Hall–Kier alpha value is -3.48. The molecule has 34 heavy (non-hydrogen) atoms. The van der Waals surface area contributed by atoms with Gasteiger partial charge in [0.1, 0.15) is 0 Å². The topological polar surface area (TPSA) is 62.5 Å². The van der Waals surface area contributed by atoms with Crippen molar-refractivity contribution in [2.45, 2.75) is 12.5 Å². The van der Waals surface area contributed by atoms with Crippen LogP contribution in [0.15, 0.2) is 89.5 Å². The molecule has 1 amide bonds. The average molecular weight is 473 g/mol. The molecule has 0 atom stereocenters. The van der Waals surface area contributed by atoms with Crippen LogP contribution < -0.4 is 0 Å². The van der Waals surface area contributed by atoms with Crippen LogP contribution in [0.3, 0.4) is 0 Å². The highest BCUT2D eigenvalue weighted by Gasteiger charge is 2.30. The second-order valence-corrected chi connectivity index (χ2v) is 8.76. The summed E-state index contributed by atoms with van der Waals surface area (Å²) in [6.45, 7) is 3.38. The summed E-state index contributed by atoms with van der Waals surface area (Å²) < 4.78 is 5.43. The molecule has 0 aliphatic carbocycles. The molecule has 1 aromatic heterocycles. The number of piperazine rings is 1. The Morgan fingerprint density at radius 1 is 0.853 bits per heavy atom. The summed E-state index contributed by atoms with van der Waals surface area (Å²) in [6, 6.07) is 27.4. The number of rotatable bonds is 6. The highest BCUT2D eigenvalue weighted by molar-refractivity contribution is 6.33. The van der Waals surface area contributed by atoms with Crippen LogP contribution in [0.4, 0.5) is 0 Å². The maximum absolute atomic E-state index is 13.6. The SMILES string of the molecule is O=C(C(c1ccccc1)c1ccccc1)N1CCN(Cc2noc(-c3ccccc3Cl)n2)CC1. The van der Waals surface area contributed by atoms with E-state index in [9.17, 15) is 4.79 Å². The van der Waals surface area contributed by atoms with Gasteiger partial charge in [0, 0.05) is 26.2 Å². The van der Waals surface area contributed by atoms with Gasteiger partial charge in [0.2, 0.25) is 5.91 Å². The normalized spacial score (nSPS) is 14.5. The predicted molar refractivity (Wildman–Crippen MR) is 131 cm³/mol. The van der Waals surface area contributed by atoms with Gasteiger partial charge >= 0.3 is 0 Å². The minimum absolute atomic E-state index is 0.137. The molecular weight excluding hydrogens is 448 g/mol. The van der Waals surface area contributed by atoms with Gasteiger partial charge in [0.15, 0.2) is 5.82 Å². The van der Waals surface area contributed by atoms with Crippen molar-refractivity contribution in [3.8, 4) is 11.5 Å². The third-order valence-electron chi connectivity index (χ3n) is 6.13. The van der Waals surface area contributed by atoms with Crippen LogP contribution in [-0.4, -0.2) is 52.0 Å². The molecule has 0 saturated carbocycles. The zero-order valence-electron chi connectivity index (χ0n) is 18.7. The van der Waals surface area contributed by atoms with Gasteiger partial charge in [-0.15, -0.1) is 0 Å². The third-order valence-corrected chi connectivity index (χ3v) is 6.46. The van der Waals surface area contributed by atoms with Crippen LogP contribution in [0, 0.1) is 0 Å². The van der Waals surface area contributed by atoms with Crippen molar-refractivity contribution in [1.82, 2.24) is 19.9 Å². The van der Waals surface area contributed by atoms with E-state index in [-0.39, 0.29) is 11.8 Å². The second-order valence-electron chi connectivity index (χ2n) is 8.35. The van der Waals surface area contributed by atoms with Crippen LogP contribution in [-0.2, 0) is 11.3 Å². The quantitative estimate of drug-likeness (QED) is 0.401. The Kier molecular flexibility index (Phi) is 6.70. The largest absolute Gasteiger partial charge is 0.339 e.